The number of rotatable bonds is 2. The van der Waals surface area contributed by atoms with Gasteiger partial charge < -0.3 is 0 Å². The van der Waals surface area contributed by atoms with Crippen molar-refractivity contribution < 1.29 is 0 Å². The molecule has 0 saturated heterocycles. The minimum Gasteiger partial charge on any atom is -0.192 e. The van der Waals surface area contributed by atoms with E-state index in [1.165, 1.54) is 31.2 Å². The fourth-order valence-electron chi connectivity index (χ4n) is 2.31. The number of hydrogen-bond acceptors (Lipinski definition) is 1. The Morgan fingerprint density at radius 2 is 2.07 bits per heavy atom. The molecular formula is C13H14ClN. The Morgan fingerprint density at radius 3 is 2.67 bits per heavy atom. The molecule has 0 bridgehead atoms. The van der Waals surface area contributed by atoms with Gasteiger partial charge in [-0.3, -0.25) is 0 Å². The lowest BCUT2D eigenvalue weighted by molar-refractivity contribution is 0.546. The second-order valence-corrected chi connectivity index (χ2v) is 4.68. The first kappa shape index (κ1) is 10.5. The average Bonchev–Trinajstić information content (AvgIpc) is 2.74. The predicted molar refractivity (Wildman–Crippen MR) is 61.8 cm³/mol. The molecular weight excluding hydrogens is 206 g/mol. The molecule has 0 N–H and O–H groups in total. The van der Waals surface area contributed by atoms with Crippen molar-refractivity contribution in [2.45, 2.75) is 32.1 Å². The zero-order valence-electron chi connectivity index (χ0n) is 8.67. The summed E-state index contributed by atoms with van der Waals surface area (Å²) in [6.07, 6.45) is 6.45. The Balaban J connectivity index is 2.11. The molecule has 1 aliphatic rings. The van der Waals surface area contributed by atoms with Crippen molar-refractivity contribution in [2.24, 2.45) is 5.92 Å². The van der Waals surface area contributed by atoms with Crippen LogP contribution in [-0.4, -0.2) is 0 Å². The van der Waals surface area contributed by atoms with Gasteiger partial charge in [0.2, 0.25) is 0 Å². The first-order valence-corrected chi connectivity index (χ1v) is 5.86. The third kappa shape index (κ3) is 2.52. The average molecular weight is 220 g/mol. The van der Waals surface area contributed by atoms with Crippen LogP contribution in [0.2, 0.25) is 5.02 Å². The lowest BCUT2D eigenvalue weighted by Gasteiger charge is -2.10. The van der Waals surface area contributed by atoms with E-state index < -0.39 is 0 Å². The Hall–Kier alpha value is -1.00. The van der Waals surface area contributed by atoms with Gasteiger partial charge in [-0.25, -0.2) is 0 Å². The minimum atomic E-state index is 0.648. The maximum Gasteiger partial charge on any atom is 0.0992 e. The van der Waals surface area contributed by atoms with Crippen LogP contribution in [0.25, 0.3) is 0 Å². The van der Waals surface area contributed by atoms with Crippen LogP contribution in [0.3, 0.4) is 0 Å². The number of hydrogen-bond donors (Lipinski definition) is 0. The second kappa shape index (κ2) is 4.68. The largest absolute Gasteiger partial charge is 0.192 e. The molecule has 0 heterocycles. The van der Waals surface area contributed by atoms with Crippen LogP contribution in [0.15, 0.2) is 18.2 Å². The number of nitrogens with zero attached hydrogens (tertiary/aromatic N) is 1. The van der Waals surface area contributed by atoms with Gasteiger partial charge in [0.05, 0.1) is 11.6 Å². The summed E-state index contributed by atoms with van der Waals surface area (Å²) in [7, 11) is 0. The molecule has 78 valence electrons. The molecule has 1 aromatic rings. The number of nitriles is 1. The summed E-state index contributed by atoms with van der Waals surface area (Å²) < 4.78 is 0. The zero-order chi connectivity index (χ0) is 10.7. The van der Waals surface area contributed by atoms with Crippen LogP contribution in [0, 0.1) is 17.2 Å². The van der Waals surface area contributed by atoms with Gasteiger partial charge in [0.1, 0.15) is 0 Å². The first-order valence-electron chi connectivity index (χ1n) is 5.48. The Morgan fingerprint density at radius 1 is 1.33 bits per heavy atom. The van der Waals surface area contributed by atoms with Gasteiger partial charge in [-0.15, -0.1) is 0 Å². The van der Waals surface area contributed by atoms with Crippen molar-refractivity contribution >= 4 is 11.6 Å². The van der Waals surface area contributed by atoms with E-state index in [1.807, 2.05) is 12.1 Å². The minimum absolute atomic E-state index is 0.648. The molecule has 0 radical (unpaired) electrons. The highest BCUT2D eigenvalue weighted by molar-refractivity contribution is 6.31. The molecule has 0 aromatic heterocycles. The van der Waals surface area contributed by atoms with E-state index in [1.54, 1.807) is 6.07 Å². The highest BCUT2D eigenvalue weighted by Crippen LogP contribution is 2.30. The number of benzene rings is 1. The fraction of sp³-hybridized carbons (Fsp3) is 0.462. The predicted octanol–water partition coefficient (Wildman–Crippen LogP) is 3.94. The normalized spacial score (nSPS) is 16.5. The van der Waals surface area contributed by atoms with Crippen molar-refractivity contribution in [2.75, 3.05) is 0 Å². The molecule has 0 unspecified atom stereocenters. The van der Waals surface area contributed by atoms with E-state index in [9.17, 15) is 0 Å². The third-order valence-corrected chi connectivity index (χ3v) is 3.52. The smallest absolute Gasteiger partial charge is 0.0992 e. The maximum atomic E-state index is 8.73. The Kier molecular flexibility index (Phi) is 3.28. The molecule has 1 aromatic carbocycles. The molecule has 1 saturated carbocycles. The molecule has 1 aliphatic carbocycles. The van der Waals surface area contributed by atoms with E-state index >= 15 is 0 Å². The van der Waals surface area contributed by atoms with E-state index in [0.29, 0.717) is 5.56 Å². The summed E-state index contributed by atoms with van der Waals surface area (Å²) in [6.45, 7) is 0. The Labute approximate surface area is 95.7 Å². The molecule has 2 heteroatoms. The van der Waals surface area contributed by atoms with Crippen molar-refractivity contribution in [3.8, 4) is 6.07 Å². The van der Waals surface area contributed by atoms with Gasteiger partial charge in [0.15, 0.2) is 0 Å². The molecule has 2 rings (SSSR count). The summed E-state index contributed by atoms with van der Waals surface area (Å²) >= 11 is 6.14. The van der Waals surface area contributed by atoms with E-state index in [2.05, 4.69) is 6.07 Å². The molecule has 15 heavy (non-hydrogen) atoms. The first-order chi connectivity index (χ1) is 7.29. The Bertz CT molecular complexity index is 386. The van der Waals surface area contributed by atoms with Crippen LogP contribution in [0.5, 0.6) is 0 Å². The number of halogens is 1. The second-order valence-electron chi connectivity index (χ2n) is 4.27. The van der Waals surface area contributed by atoms with Crippen molar-refractivity contribution in [3.63, 3.8) is 0 Å². The van der Waals surface area contributed by atoms with Gasteiger partial charge in [-0.05, 0) is 30.0 Å². The molecule has 0 aliphatic heterocycles. The van der Waals surface area contributed by atoms with E-state index in [-0.39, 0.29) is 0 Å². The van der Waals surface area contributed by atoms with Gasteiger partial charge in [-0.1, -0.05) is 43.4 Å². The van der Waals surface area contributed by atoms with Gasteiger partial charge >= 0.3 is 0 Å². The van der Waals surface area contributed by atoms with Crippen molar-refractivity contribution in [1.82, 2.24) is 0 Å². The molecule has 0 atom stereocenters. The molecule has 0 amide bonds. The van der Waals surface area contributed by atoms with Crippen molar-refractivity contribution in [1.29, 1.82) is 5.26 Å². The lowest BCUT2D eigenvalue weighted by Crippen LogP contribution is -1.99. The molecule has 1 nitrogen and oxygen atoms in total. The molecule has 0 spiro atoms. The SMILES string of the molecule is N#Cc1ccc(CC2CCCC2)c(Cl)c1. The van der Waals surface area contributed by atoms with Crippen LogP contribution < -0.4 is 0 Å². The summed E-state index contributed by atoms with van der Waals surface area (Å²) in [5.74, 6) is 0.801. The summed E-state index contributed by atoms with van der Waals surface area (Å²) in [6, 6.07) is 7.73. The van der Waals surface area contributed by atoms with Gasteiger partial charge in [0.25, 0.3) is 0 Å². The van der Waals surface area contributed by atoms with Crippen LogP contribution in [0.1, 0.15) is 36.8 Å². The lowest BCUT2D eigenvalue weighted by atomic mass is 9.97. The van der Waals surface area contributed by atoms with Gasteiger partial charge in [-0.2, -0.15) is 5.26 Å². The summed E-state index contributed by atoms with van der Waals surface area (Å²) in [5.41, 5.74) is 1.85. The highest BCUT2D eigenvalue weighted by Gasteiger charge is 2.16. The standard InChI is InChI=1S/C13H14ClN/c14-13-8-11(9-15)5-6-12(13)7-10-3-1-2-4-10/h5-6,8,10H,1-4,7H2. The van der Waals surface area contributed by atoms with Crippen LogP contribution in [-0.2, 0) is 6.42 Å². The van der Waals surface area contributed by atoms with E-state index in [0.717, 1.165) is 17.4 Å². The maximum absolute atomic E-state index is 8.73. The third-order valence-electron chi connectivity index (χ3n) is 3.17. The summed E-state index contributed by atoms with van der Waals surface area (Å²) in [4.78, 5) is 0. The quantitative estimate of drug-likeness (QED) is 0.739. The van der Waals surface area contributed by atoms with Crippen LogP contribution >= 0.6 is 11.6 Å². The zero-order valence-corrected chi connectivity index (χ0v) is 9.43. The van der Waals surface area contributed by atoms with E-state index in [4.69, 9.17) is 16.9 Å². The monoisotopic (exact) mass is 219 g/mol. The van der Waals surface area contributed by atoms with Gasteiger partial charge in [0, 0.05) is 5.02 Å². The topological polar surface area (TPSA) is 23.8 Å². The molecule has 1 fully saturated rings. The highest BCUT2D eigenvalue weighted by atomic mass is 35.5. The summed E-state index contributed by atoms with van der Waals surface area (Å²) in [5, 5.41) is 9.48. The van der Waals surface area contributed by atoms with Crippen LogP contribution in [0.4, 0.5) is 0 Å². The fourth-order valence-corrected chi connectivity index (χ4v) is 2.57. The van der Waals surface area contributed by atoms with Crippen molar-refractivity contribution in [3.05, 3.63) is 34.3 Å².